The van der Waals surface area contributed by atoms with E-state index in [-0.39, 0.29) is 13.2 Å². The van der Waals surface area contributed by atoms with Crippen LogP contribution in [0.3, 0.4) is 0 Å². The van der Waals surface area contributed by atoms with Gasteiger partial charge in [0.05, 0.1) is 24.9 Å². The van der Waals surface area contributed by atoms with Gasteiger partial charge < -0.3 is 10.2 Å². The minimum atomic E-state index is -0.112. The Kier molecular flexibility index (Phi) is 2.22. The molecule has 5 heteroatoms. The number of fused-ring (bicyclic) bond motifs is 1. The fourth-order valence-corrected chi connectivity index (χ4v) is 1.83. The van der Waals surface area contributed by atoms with E-state index in [0.717, 1.165) is 17.2 Å². The largest absolute Gasteiger partial charge is 0.392 e. The van der Waals surface area contributed by atoms with Crippen LogP contribution in [0.15, 0.2) is 12.1 Å². The van der Waals surface area contributed by atoms with Crippen LogP contribution in [0.2, 0.25) is 0 Å². The number of aliphatic hydroxyl groups is 2. The van der Waals surface area contributed by atoms with Crippen molar-refractivity contribution in [2.45, 2.75) is 13.2 Å². The van der Waals surface area contributed by atoms with Gasteiger partial charge in [-0.1, -0.05) is 6.07 Å². The quantitative estimate of drug-likeness (QED) is 0.741. The summed E-state index contributed by atoms with van der Waals surface area (Å²) in [5.74, 6) is 0. The van der Waals surface area contributed by atoms with Crippen molar-refractivity contribution in [1.82, 2.24) is 8.75 Å². The standard InChI is InChI=1S/C8H8N2O2S/c11-3-5-1-2-7-8(6(5)4-12)10-13-9-7/h1-2,11-12H,3-4H2. The first-order valence-corrected chi connectivity index (χ1v) is 4.54. The van der Waals surface area contributed by atoms with E-state index in [1.54, 1.807) is 12.1 Å². The molecule has 1 aromatic heterocycles. The van der Waals surface area contributed by atoms with E-state index in [9.17, 15) is 0 Å². The number of aliphatic hydroxyl groups excluding tert-OH is 2. The Morgan fingerprint density at radius 1 is 1.15 bits per heavy atom. The Morgan fingerprint density at radius 3 is 2.69 bits per heavy atom. The highest BCUT2D eigenvalue weighted by molar-refractivity contribution is 7.00. The molecular weight excluding hydrogens is 188 g/mol. The van der Waals surface area contributed by atoms with Gasteiger partial charge in [-0.15, -0.1) is 0 Å². The van der Waals surface area contributed by atoms with E-state index < -0.39 is 0 Å². The van der Waals surface area contributed by atoms with Gasteiger partial charge in [0, 0.05) is 5.56 Å². The number of hydrogen-bond donors (Lipinski definition) is 2. The first kappa shape index (κ1) is 8.55. The lowest BCUT2D eigenvalue weighted by Gasteiger charge is -2.03. The molecule has 0 bridgehead atoms. The maximum Gasteiger partial charge on any atom is 0.110 e. The molecule has 0 spiro atoms. The van der Waals surface area contributed by atoms with E-state index >= 15 is 0 Å². The van der Waals surface area contributed by atoms with Gasteiger partial charge in [-0.25, -0.2) is 0 Å². The summed E-state index contributed by atoms with van der Waals surface area (Å²) in [6.07, 6.45) is 0. The lowest BCUT2D eigenvalue weighted by atomic mass is 10.1. The third-order valence-corrected chi connectivity index (χ3v) is 2.50. The van der Waals surface area contributed by atoms with Crippen molar-refractivity contribution in [1.29, 1.82) is 0 Å². The van der Waals surface area contributed by atoms with Gasteiger partial charge in [0.25, 0.3) is 0 Å². The van der Waals surface area contributed by atoms with Gasteiger partial charge in [0.2, 0.25) is 0 Å². The van der Waals surface area contributed by atoms with Gasteiger partial charge in [-0.2, -0.15) is 8.75 Å². The summed E-state index contributed by atoms with van der Waals surface area (Å²) in [4.78, 5) is 0. The summed E-state index contributed by atoms with van der Waals surface area (Å²) < 4.78 is 8.10. The van der Waals surface area contributed by atoms with Crippen LogP contribution in [-0.2, 0) is 13.2 Å². The zero-order valence-corrected chi connectivity index (χ0v) is 7.58. The number of benzene rings is 1. The summed E-state index contributed by atoms with van der Waals surface area (Å²) in [6, 6.07) is 3.55. The number of hydrogen-bond acceptors (Lipinski definition) is 5. The summed E-state index contributed by atoms with van der Waals surface area (Å²) in [5, 5.41) is 18.1. The summed E-state index contributed by atoms with van der Waals surface area (Å²) >= 11 is 1.11. The number of rotatable bonds is 2. The van der Waals surface area contributed by atoms with Crippen LogP contribution >= 0.6 is 11.7 Å². The van der Waals surface area contributed by atoms with Crippen LogP contribution in [0.1, 0.15) is 11.1 Å². The van der Waals surface area contributed by atoms with Crippen molar-refractivity contribution in [3.8, 4) is 0 Å². The van der Waals surface area contributed by atoms with Crippen molar-refractivity contribution in [2.24, 2.45) is 0 Å². The topological polar surface area (TPSA) is 66.2 Å². The molecule has 0 fully saturated rings. The predicted octanol–water partition coefficient (Wildman–Crippen LogP) is 0.676. The van der Waals surface area contributed by atoms with E-state index in [1.807, 2.05) is 0 Å². The van der Waals surface area contributed by atoms with Crippen molar-refractivity contribution in [3.05, 3.63) is 23.3 Å². The van der Waals surface area contributed by atoms with E-state index in [4.69, 9.17) is 10.2 Å². The number of aromatic nitrogens is 2. The Balaban J connectivity index is 2.74. The first-order valence-electron chi connectivity index (χ1n) is 3.81. The Hall–Kier alpha value is -1.04. The molecular formula is C8H8N2O2S. The monoisotopic (exact) mass is 196 g/mol. The lowest BCUT2D eigenvalue weighted by molar-refractivity contribution is 0.261. The van der Waals surface area contributed by atoms with Gasteiger partial charge in [0.1, 0.15) is 11.0 Å². The molecule has 1 heterocycles. The summed E-state index contributed by atoms with van der Waals surface area (Å²) in [5.41, 5.74) is 2.85. The third-order valence-electron chi connectivity index (χ3n) is 1.96. The van der Waals surface area contributed by atoms with Crippen LogP contribution < -0.4 is 0 Å². The molecule has 2 aromatic rings. The smallest absolute Gasteiger partial charge is 0.110 e. The highest BCUT2D eigenvalue weighted by Crippen LogP contribution is 2.20. The first-order chi connectivity index (χ1) is 6.36. The normalized spacial score (nSPS) is 10.9. The molecule has 0 saturated heterocycles. The molecule has 0 saturated carbocycles. The SMILES string of the molecule is OCc1ccc2nsnc2c1CO. The van der Waals surface area contributed by atoms with Crippen LogP contribution in [0.4, 0.5) is 0 Å². The predicted molar refractivity (Wildman–Crippen MR) is 49.3 cm³/mol. The summed E-state index contributed by atoms with van der Waals surface area (Å²) in [7, 11) is 0. The molecule has 0 atom stereocenters. The molecule has 0 aliphatic carbocycles. The molecule has 68 valence electrons. The molecule has 13 heavy (non-hydrogen) atoms. The highest BCUT2D eigenvalue weighted by atomic mass is 32.1. The van der Waals surface area contributed by atoms with Gasteiger partial charge in [0.15, 0.2) is 0 Å². The molecule has 1 aromatic carbocycles. The lowest BCUT2D eigenvalue weighted by Crippen LogP contribution is -1.94. The zero-order valence-electron chi connectivity index (χ0n) is 6.77. The van der Waals surface area contributed by atoms with Crippen molar-refractivity contribution >= 4 is 22.8 Å². The van der Waals surface area contributed by atoms with Gasteiger partial charge >= 0.3 is 0 Å². The van der Waals surface area contributed by atoms with E-state index in [2.05, 4.69) is 8.75 Å². The minimum absolute atomic E-state index is 0.0800. The van der Waals surface area contributed by atoms with E-state index in [1.165, 1.54) is 0 Å². The van der Waals surface area contributed by atoms with Crippen molar-refractivity contribution < 1.29 is 10.2 Å². The fraction of sp³-hybridized carbons (Fsp3) is 0.250. The van der Waals surface area contributed by atoms with E-state index in [0.29, 0.717) is 16.6 Å². The second-order valence-electron chi connectivity index (χ2n) is 2.65. The van der Waals surface area contributed by atoms with Crippen LogP contribution in [0.25, 0.3) is 11.0 Å². The van der Waals surface area contributed by atoms with Crippen molar-refractivity contribution in [2.75, 3.05) is 0 Å². The minimum Gasteiger partial charge on any atom is -0.392 e. The second kappa shape index (κ2) is 3.37. The highest BCUT2D eigenvalue weighted by Gasteiger charge is 2.08. The van der Waals surface area contributed by atoms with Gasteiger partial charge in [-0.05, 0) is 11.6 Å². The fourth-order valence-electron chi connectivity index (χ4n) is 1.27. The average molecular weight is 196 g/mol. The van der Waals surface area contributed by atoms with Crippen LogP contribution in [-0.4, -0.2) is 19.0 Å². The third kappa shape index (κ3) is 1.31. The molecule has 2 N–H and O–H groups in total. The number of nitrogens with zero attached hydrogens (tertiary/aromatic N) is 2. The molecule has 0 aliphatic rings. The second-order valence-corrected chi connectivity index (χ2v) is 3.18. The maximum atomic E-state index is 9.09. The molecule has 4 nitrogen and oxygen atoms in total. The molecule has 2 rings (SSSR count). The Morgan fingerprint density at radius 2 is 2.00 bits per heavy atom. The maximum absolute atomic E-state index is 9.09. The Labute approximate surface area is 78.8 Å². The zero-order chi connectivity index (χ0) is 9.26. The van der Waals surface area contributed by atoms with Crippen molar-refractivity contribution in [3.63, 3.8) is 0 Å². The van der Waals surface area contributed by atoms with Crippen LogP contribution in [0, 0.1) is 0 Å². The molecule has 0 radical (unpaired) electrons. The summed E-state index contributed by atoms with van der Waals surface area (Å²) in [6.45, 7) is -0.192. The molecule has 0 aliphatic heterocycles. The average Bonchev–Trinajstić information content (AvgIpc) is 2.63. The van der Waals surface area contributed by atoms with Gasteiger partial charge in [-0.3, -0.25) is 0 Å². The van der Waals surface area contributed by atoms with Crippen LogP contribution in [0.5, 0.6) is 0 Å². The molecule has 0 amide bonds. The Bertz CT molecular complexity index is 427. The molecule has 0 unspecified atom stereocenters.